The molecule has 2 rings (SSSR count). The van der Waals surface area contributed by atoms with Crippen molar-refractivity contribution in [2.24, 2.45) is 0 Å². The third-order valence-corrected chi connectivity index (χ3v) is 3.54. The number of nitrogens with zero attached hydrogens (tertiary/aromatic N) is 2. The van der Waals surface area contributed by atoms with Gasteiger partial charge in [0.05, 0.1) is 20.4 Å². The van der Waals surface area contributed by atoms with Gasteiger partial charge in [-0.15, -0.1) is 0 Å². The molecule has 0 radical (unpaired) electrons. The van der Waals surface area contributed by atoms with Crippen molar-refractivity contribution in [1.82, 2.24) is 9.78 Å². The molecule has 1 heterocycles. The molecule has 1 amide bonds. The maximum Gasteiger partial charge on any atom is 0.225 e. The summed E-state index contributed by atoms with van der Waals surface area (Å²) in [6, 6.07) is 7.57. The predicted molar refractivity (Wildman–Crippen MR) is 89.1 cm³/mol. The van der Waals surface area contributed by atoms with E-state index in [0.717, 1.165) is 17.1 Å². The third kappa shape index (κ3) is 4.25. The monoisotopic (exact) mass is 317 g/mol. The topological polar surface area (TPSA) is 65.4 Å². The largest absolute Gasteiger partial charge is 0.497 e. The molecular weight excluding hydrogens is 294 g/mol. The summed E-state index contributed by atoms with van der Waals surface area (Å²) in [7, 11) is 3.23. The summed E-state index contributed by atoms with van der Waals surface area (Å²) in [5, 5.41) is 7.10. The number of carbonyl (C=O) groups excluding carboxylic acids is 1. The summed E-state index contributed by atoms with van der Waals surface area (Å²) in [5.74, 6) is 2.16. The molecule has 0 saturated carbocycles. The van der Waals surface area contributed by atoms with E-state index in [9.17, 15) is 4.79 Å². The van der Waals surface area contributed by atoms with Gasteiger partial charge < -0.3 is 14.8 Å². The van der Waals surface area contributed by atoms with Crippen molar-refractivity contribution in [3.63, 3.8) is 0 Å². The molecule has 0 fully saturated rings. The quantitative estimate of drug-likeness (QED) is 0.852. The van der Waals surface area contributed by atoms with Gasteiger partial charge in [-0.3, -0.25) is 4.79 Å². The molecule has 23 heavy (non-hydrogen) atoms. The third-order valence-electron chi connectivity index (χ3n) is 3.54. The van der Waals surface area contributed by atoms with Gasteiger partial charge in [0, 0.05) is 18.5 Å². The average molecular weight is 317 g/mol. The van der Waals surface area contributed by atoms with Gasteiger partial charge in [-0.1, -0.05) is 0 Å². The van der Waals surface area contributed by atoms with Crippen molar-refractivity contribution >= 4 is 11.7 Å². The Balaban J connectivity index is 2.00. The van der Waals surface area contributed by atoms with E-state index in [1.54, 1.807) is 31.2 Å². The number of ether oxygens (including phenoxy) is 2. The second-order valence-electron chi connectivity index (χ2n) is 5.48. The van der Waals surface area contributed by atoms with Crippen LogP contribution in [0, 0.1) is 0 Å². The van der Waals surface area contributed by atoms with Crippen LogP contribution in [0.25, 0.3) is 0 Å². The summed E-state index contributed by atoms with van der Waals surface area (Å²) in [4.78, 5) is 12.2. The lowest BCUT2D eigenvalue weighted by atomic mass is 10.1. The van der Waals surface area contributed by atoms with Crippen LogP contribution in [-0.2, 0) is 11.2 Å². The second kappa shape index (κ2) is 7.67. The van der Waals surface area contributed by atoms with E-state index in [0.29, 0.717) is 18.7 Å². The summed E-state index contributed by atoms with van der Waals surface area (Å²) in [5.41, 5.74) is 0.944. The molecular formula is C17H23N3O3. The van der Waals surface area contributed by atoms with Crippen LogP contribution in [0.1, 0.15) is 31.9 Å². The molecule has 0 unspecified atom stereocenters. The molecule has 1 N–H and O–H groups in total. The van der Waals surface area contributed by atoms with Crippen molar-refractivity contribution in [2.45, 2.75) is 32.7 Å². The molecule has 0 atom stereocenters. The molecule has 0 bridgehead atoms. The molecule has 0 saturated heterocycles. The van der Waals surface area contributed by atoms with Crippen molar-refractivity contribution in [3.8, 4) is 11.5 Å². The molecule has 1 aromatic carbocycles. The minimum atomic E-state index is -0.0581. The first-order valence-corrected chi connectivity index (χ1v) is 7.59. The number of methoxy groups -OCH3 is 2. The predicted octanol–water partition coefficient (Wildman–Crippen LogP) is 3.05. The Hall–Kier alpha value is -2.50. The maximum absolute atomic E-state index is 12.2. The summed E-state index contributed by atoms with van der Waals surface area (Å²) < 4.78 is 12.3. The lowest BCUT2D eigenvalue weighted by Crippen LogP contribution is -2.17. The molecule has 2 aromatic rings. The summed E-state index contributed by atoms with van der Waals surface area (Å²) in [6.45, 7) is 4.04. The van der Waals surface area contributed by atoms with Gasteiger partial charge in [-0.2, -0.15) is 5.10 Å². The normalized spacial score (nSPS) is 10.7. The Morgan fingerprint density at radius 3 is 2.70 bits per heavy atom. The molecule has 0 spiro atoms. The number of carbonyl (C=O) groups is 1. The number of aryl methyl sites for hydroxylation is 1. The maximum atomic E-state index is 12.2. The van der Waals surface area contributed by atoms with Crippen molar-refractivity contribution < 1.29 is 14.3 Å². The highest BCUT2D eigenvalue weighted by atomic mass is 16.5. The highest BCUT2D eigenvalue weighted by Crippen LogP contribution is 2.25. The van der Waals surface area contributed by atoms with Gasteiger partial charge in [-0.05, 0) is 44.0 Å². The van der Waals surface area contributed by atoms with E-state index in [1.165, 1.54) is 0 Å². The van der Waals surface area contributed by atoms with E-state index in [-0.39, 0.29) is 11.9 Å². The zero-order valence-corrected chi connectivity index (χ0v) is 14.0. The lowest BCUT2D eigenvalue weighted by Gasteiger charge is -2.13. The average Bonchev–Trinajstić information content (AvgIpc) is 3.00. The Kier molecular flexibility index (Phi) is 5.62. The van der Waals surface area contributed by atoms with Gasteiger partial charge in [-0.25, -0.2) is 4.68 Å². The van der Waals surface area contributed by atoms with Crippen molar-refractivity contribution in [3.05, 3.63) is 36.0 Å². The second-order valence-corrected chi connectivity index (χ2v) is 5.48. The summed E-state index contributed by atoms with van der Waals surface area (Å²) in [6.07, 6.45) is 2.61. The van der Waals surface area contributed by atoms with Gasteiger partial charge in [0.1, 0.15) is 17.3 Å². The standard InChI is InChI=1S/C17H23N3O3/c1-12(2)20-16(9-10-18-20)19-17(21)8-5-13-11-14(22-3)6-7-15(13)23-4/h6-7,9-12H,5,8H2,1-4H3,(H,19,21). The fourth-order valence-corrected chi connectivity index (χ4v) is 2.36. The molecule has 1 aromatic heterocycles. The van der Waals surface area contributed by atoms with Crippen molar-refractivity contribution in [2.75, 3.05) is 19.5 Å². The minimum absolute atomic E-state index is 0.0581. The van der Waals surface area contributed by atoms with Gasteiger partial charge in [0.15, 0.2) is 0 Å². The Morgan fingerprint density at radius 2 is 2.04 bits per heavy atom. The number of benzene rings is 1. The fourth-order valence-electron chi connectivity index (χ4n) is 2.36. The Bertz CT molecular complexity index is 665. The molecule has 0 aliphatic carbocycles. The van der Waals surface area contributed by atoms with Crippen LogP contribution in [0.4, 0.5) is 5.82 Å². The number of aromatic nitrogens is 2. The SMILES string of the molecule is COc1ccc(OC)c(CCC(=O)Nc2ccnn2C(C)C)c1. The minimum Gasteiger partial charge on any atom is -0.497 e. The number of hydrogen-bond donors (Lipinski definition) is 1. The Labute approximate surface area is 136 Å². The van der Waals surface area contributed by atoms with Crippen LogP contribution >= 0.6 is 0 Å². The number of nitrogens with one attached hydrogen (secondary N) is 1. The highest BCUT2D eigenvalue weighted by Gasteiger charge is 2.11. The highest BCUT2D eigenvalue weighted by molar-refractivity contribution is 5.90. The molecule has 0 aliphatic rings. The van der Waals surface area contributed by atoms with E-state index in [4.69, 9.17) is 9.47 Å². The van der Waals surface area contributed by atoms with E-state index in [2.05, 4.69) is 10.4 Å². The van der Waals surface area contributed by atoms with Crippen molar-refractivity contribution in [1.29, 1.82) is 0 Å². The zero-order chi connectivity index (χ0) is 16.8. The van der Waals surface area contributed by atoms with Crippen LogP contribution in [0.5, 0.6) is 11.5 Å². The molecule has 0 aliphatic heterocycles. The smallest absolute Gasteiger partial charge is 0.225 e. The lowest BCUT2D eigenvalue weighted by molar-refractivity contribution is -0.116. The molecule has 6 heteroatoms. The van der Waals surface area contributed by atoms with E-state index in [1.807, 2.05) is 32.0 Å². The number of anilines is 1. The van der Waals surface area contributed by atoms with Crippen LogP contribution in [-0.4, -0.2) is 29.9 Å². The number of amides is 1. The van der Waals surface area contributed by atoms with E-state index < -0.39 is 0 Å². The van der Waals surface area contributed by atoms with Gasteiger partial charge in [0.25, 0.3) is 0 Å². The van der Waals surface area contributed by atoms with Crippen LogP contribution in [0.2, 0.25) is 0 Å². The van der Waals surface area contributed by atoms with E-state index >= 15 is 0 Å². The van der Waals surface area contributed by atoms with Gasteiger partial charge in [0.2, 0.25) is 5.91 Å². The number of hydrogen-bond acceptors (Lipinski definition) is 4. The number of rotatable bonds is 7. The summed E-state index contributed by atoms with van der Waals surface area (Å²) >= 11 is 0. The van der Waals surface area contributed by atoms with Crippen LogP contribution < -0.4 is 14.8 Å². The molecule has 6 nitrogen and oxygen atoms in total. The first-order chi connectivity index (χ1) is 11.0. The first kappa shape index (κ1) is 16.9. The molecule has 124 valence electrons. The van der Waals surface area contributed by atoms with Gasteiger partial charge >= 0.3 is 0 Å². The van der Waals surface area contributed by atoms with Crippen LogP contribution in [0.3, 0.4) is 0 Å². The fraction of sp³-hybridized carbons (Fsp3) is 0.412. The first-order valence-electron chi connectivity index (χ1n) is 7.59. The Morgan fingerprint density at radius 1 is 1.26 bits per heavy atom. The van der Waals surface area contributed by atoms with Crippen LogP contribution in [0.15, 0.2) is 30.5 Å². The zero-order valence-electron chi connectivity index (χ0n) is 14.0.